The predicted octanol–water partition coefficient (Wildman–Crippen LogP) is 2.56. The van der Waals surface area contributed by atoms with E-state index >= 15 is 0 Å². The van der Waals surface area contributed by atoms with Crippen molar-refractivity contribution in [3.8, 4) is 5.75 Å². The van der Waals surface area contributed by atoms with Crippen LogP contribution in [0.25, 0.3) is 0 Å². The molecule has 0 saturated heterocycles. The Bertz CT molecular complexity index is 491. The fourth-order valence-electron chi connectivity index (χ4n) is 2.27. The second-order valence-electron chi connectivity index (χ2n) is 4.28. The first-order valence-electron chi connectivity index (χ1n) is 6.03. The van der Waals surface area contributed by atoms with Gasteiger partial charge in [0.2, 0.25) is 0 Å². The van der Waals surface area contributed by atoms with Crippen LogP contribution < -0.4 is 10.1 Å². The molecule has 1 atom stereocenters. The molecule has 0 fully saturated rings. The molecule has 0 aromatic heterocycles. The molecule has 0 bridgehead atoms. The van der Waals surface area contributed by atoms with Gasteiger partial charge in [0.15, 0.2) is 0 Å². The number of hydrogen-bond acceptors (Lipinski definition) is 3. The van der Waals surface area contributed by atoms with Gasteiger partial charge in [0, 0.05) is 12.5 Å². The lowest BCUT2D eigenvalue weighted by atomic mass is 9.96. The lowest BCUT2D eigenvalue weighted by Crippen LogP contribution is -2.22. The van der Waals surface area contributed by atoms with E-state index in [0.717, 1.165) is 24.4 Å². The number of benzene rings is 1. The average molecular weight is 242 g/mol. The Morgan fingerprint density at radius 1 is 1.50 bits per heavy atom. The van der Waals surface area contributed by atoms with Crippen molar-refractivity contribution >= 4 is 6.72 Å². The van der Waals surface area contributed by atoms with Crippen LogP contribution in [0, 0.1) is 5.92 Å². The summed E-state index contributed by atoms with van der Waals surface area (Å²) in [6, 6.07) is 8.06. The van der Waals surface area contributed by atoms with Crippen LogP contribution in [0.3, 0.4) is 0 Å². The van der Waals surface area contributed by atoms with Crippen LogP contribution in [0.1, 0.15) is 5.56 Å². The molecule has 1 heterocycles. The van der Waals surface area contributed by atoms with E-state index in [1.807, 2.05) is 25.2 Å². The summed E-state index contributed by atoms with van der Waals surface area (Å²) < 4.78 is 5.89. The van der Waals surface area contributed by atoms with Crippen molar-refractivity contribution in [2.75, 3.05) is 13.6 Å². The largest absolute Gasteiger partial charge is 0.455 e. The highest BCUT2D eigenvalue weighted by Gasteiger charge is 2.23. The minimum absolute atomic E-state index is 0.254. The molecular formula is C15H18N2O. The topological polar surface area (TPSA) is 33.6 Å². The summed E-state index contributed by atoms with van der Waals surface area (Å²) in [7, 11) is 1.94. The van der Waals surface area contributed by atoms with Crippen molar-refractivity contribution in [1.82, 2.24) is 5.32 Å². The average Bonchev–Trinajstić information content (AvgIpc) is 2.54. The van der Waals surface area contributed by atoms with Crippen molar-refractivity contribution in [2.24, 2.45) is 10.9 Å². The van der Waals surface area contributed by atoms with E-state index in [1.165, 1.54) is 5.56 Å². The zero-order chi connectivity index (χ0) is 13.0. The molecule has 0 aliphatic carbocycles. The molecule has 94 valence electrons. The molecule has 1 aliphatic heterocycles. The fraction of sp³-hybridized carbons (Fsp3) is 0.267. The molecule has 0 saturated carbocycles. The van der Waals surface area contributed by atoms with Crippen molar-refractivity contribution in [1.29, 1.82) is 0 Å². The van der Waals surface area contributed by atoms with Gasteiger partial charge >= 0.3 is 0 Å². The number of nitrogens with zero attached hydrogens (tertiary/aromatic N) is 1. The molecule has 0 spiro atoms. The Kier molecular flexibility index (Phi) is 3.95. The van der Waals surface area contributed by atoms with Gasteiger partial charge in [-0.1, -0.05) is 24.8 Å². The Morgan fingerprint density at radius 3 is 2.94 bits per heavy atom. The van der Waals surface area contributed by atoms with E-state index in [0.29, 0.717) is 5.76 Å². The van der Waals surface area contributed by atoms with E-state index in [-0.39, 0.29) is 5.92 Å². The first kappa shape index (κ1) is 12.6. The van der Waals surface area contributed by atoms with Crippen LogP contribution in [-0.4, -0.2) is 20.3 Å². The van der Waals surface area contributed by atoms with Gasteiger partial charge in [-0.05, 0) is 37.9 Å². The maximum atomic E-state index is 5.89. The maximum Gasteiger partial charge on any atom is 0.148 e. The van der Waals surface area contributed by atoms with Gasteiger partial charge in [-0.25, -0.2) is 0 Å². The Morgan fingerprint density at radius 2 is 2.28 bits per heavy atom. The summed E-state index contributed by atoms with van der Waals surface area (Å²) in [4.78, 5) is 4.14. The summed E-state index contributed by atoms with van der Waals surface area (Å²) in [5.41, 5.74) is 2.06. The van der Waals surface area contributed by atoms with E-state index in [9.17, 15) is 0 Å². The normalized spacial score (nSPS) is 18.6. The molecule has 1 N–H and O–H groups in total. The van der Waals surface area contributed by atoms with Crippen molar-refractivity contribution in [3.05, 3.63) is 53.9 Å². The molecule has 1 aliphatic rings. The van der Waals surface area contributed by atoms with Gasteiger partial charge < -0.3 is 10.1 Å². The highest BCUT2D eigenvalue weighted by molar-refractivity contribution is 5.42. The smallest absolute Gasteiger partial charge is 0.148 e. The Balaban J connectivity index is 2.47. The minimum atomic E-state index is 0.254. The molecule has 0 amide bonds. The van der Waals surface area contributed by atoms with Gasteiger partial charge in [0.05, 0.1) is 5.70 Å². The molecule has 1 aromatic carbocycles. The second-order valence-corrected chi connectivity index (χ2v) is 4.28. The quantitative estimate of drug-likeness (QED) is 0.823. The van der Waals surface area contributed by atoms with Gasteiger partial charge in [-0.2, -0.15) is 0 Å². The standard InChI is InChI=1S/C15H18N2O/c1-4-13-15(17-3)12(10-16-2)9-11-7-5-6-8-14(11)18-13/h4-8,12,16H,1,3,9-10H2,2H3/t12-/m0/s1. The summed E-state index contributed by atoms with van der Waals surface area (Å²) in [5, 5.41) is 3.19. The molecule has 2 rings (SSSR count). The Hall–Kier alpha value is -1.87. The van der Waals surface area contributed by atoms with E-state index in [1.54, 1.807) is 6.08 Å². The van der Waals surface area contributed by atoms with E-state index in [4.69, 9.17) is 4.74 Å². The first-order valence-corrected chi connectivity index (χ1v) is 6.03. The van der Waals surface area contributed by atoms with Gasteiger partial charge in [0.25, 0.3) is 0 Å². The third-order valence-electron chi connectivity index (χ3n) is 3.10. The van der Waals surface area contributed by atoms with Crippen LogP contribution >= 0.6 is 0 Å². The number of para-hydroxylation sites is 1. The molecule has 0 unspecified atom stereocenters. The third-order valence-corrected chi connectivity index (χ3v) is 3.10. The zero-order valence-corrected chi connectivity index (χ0v) is 10.6. The van der Waals surface area contributed by atoms with Crippen molar-refractivity contribution in [2.45, 2.75) is 6.42 Å². The number of nitrogens with one attached hydrogen (secondary N) is 1. The second kappa shape index (κ2) is 5.65. The maximum absolute atomic E-state index is 5.89. The van der Waals surface area contributed by atoms with Crippen LogP contribution in [0.4, 0.5) is 0 Å². The number of rotatable bonds is 4. The number of fused-ring (bicyclic) bond motifs is 1. The highest BCUT2D eigenvalue weighted by Crippen LogP contribution is 2.32. The molecule has 1 aromatic rings. The van der Waals surface area contributed by atoms with Gasteiger partial charge in [-0.15, -0.1) is 0 Å². The number of ether oxygens (including phenoxy) is 1. The van der Waals surface area contributed by atoms with Crippen LogP contribution in [0.5, 0.6) is 5.75 Å². The lowest BCUT2D eigenvalue weighted by molar-refractivity contribution is 0.434. The van der Waals surface area contributed by atoms with E-state index in [2.05, 4.69) is 29.7 Å². The van der Waals surface area contributed by atoms with Crippen LogP contribution in [0.15, 0.2) is 53.4 Å². The van der Waals surface area contributed by atoms with Crippen LogP contribution in [0.2, 0.25) is 0 Å². The van der Waals surface area contributed by atoms with Gasteiger partial charge in [-0.3, -0.25) is 4.99 Å². The summed E-state index contributed by atoms with van der Waals surface area (Å²) in [6.07, 6.45) is 2.59. The molecule has 0 radical (unpaired) electrons. The molecular weight excluding hydrogens is 224 g/mol. The summed E-state index contributed by atoms with van der Waals surface area (Å²) in [5.74, 6) is 1.84. The molecule has 3 heteroatoms. The zero-order valence-electron chi connectivity index (χ0n) is 10.6. The van der Waals surface area contributed by atoms with E-state index < -0.39 is 0 Å². The predicted molar refractivity (Wildman–Crippen MR) is 75.0 cm³/mol. The third kappa shape index (κ3) is 2.36. The minimum Gasteiger partial charge on any atom is -0.455 e. The molecule has 18 heavy (non-hydrogen) atoms. The lowest BCUT2D eigenvalue weighted by Gasteiger charge is -2.15. The number of hydrogen-bond donors (Lipinski definition) is 1. The monoisotopic (exact) mass is 242 g/mol. The SMILES string of the molecule is C=CC1=C(N=C)[C@H](CNC)Cc2ccccc2O1. The molecule has 3 nitrogen and oxygen atoms in total. The van der Waals surface area contributed by atoms with Gasteiger partial charge in [0.1, 0.15) is 11.5 Å². The first-order chi connectivity index (χ1) is 8.80. The van der Waals surface area contributed by atoms with Crippen LogP contribution in [-0.2, 0) is 6.42 Å². The highest BCUT2D eigenvalue weighted by atomic mass is 16.5. The number of aliphatic imine (C=N–C) groups is 1. The van der Waals surface area contributed by atoms with Crippen molar-refractivity contribution < 1.29 is 4.74 Å². The Labute approximate surface area is 108 Å². The number of allylic oxidation sites excluding steroid dienone is 1. The summed E-state index contributed by atoms with van der Waals surface area (Å²) >= 11 is 0. The summed E-state index contributed by atoms with van der Waals surface area (Å²) in [6.45, 7) is 8.29. The van der Waals surface area contributed by atoms with Crippen molar-refractivity contribution in [3.63, 3.8) is 0 Å². The fourth-order valence-corrected chi connectivity index (χ4v) is 2.27.